The lowest BCUT2D eigenvalue weighted by molar-refractivity contribution is 0.0337. The second kappa shape index (κ2) is 5.58. The fraction of sp³-hybridized carbons (Fsp3) is 0.800. The predicted molar refractivity (Wildman–Crippen MR) is 60.5 cm³/mol. The van der Waals surface area contributed by atoms with Gasteiger partial charge in [0.15, 0.2) is 0 Å². The molecule has 16 heavy (non-hydrogen) atoms. The largest absolute Gasteiger partial charge is 0.443 e. The van der Waals surface area contributed by atoms with Gasteiger partial charge in [0.25, 0.3) is 0 Å². The third-order valence-electron chi connectivity index (χ3n) is 1.88. The molecule has 0 saturated heterocycles. The number of rotatable bonds is 2. The average Bonchev–Trinajstić information content (AvgIpc) is 2.09. The molecule has 0 radical (unpaired) electrons. The van der Waals surface area contributed by atoms with E-state index in [-0.39, 0.29) is 6.04 Å². The van der Waals surface area contributed by atoms with Crippen LogP contribution in [0.1, 0.15) is 41.0 Å². The van der Waals surface area contributed by atoms with E-state index in [1.807, 2.05) is 6.92 Å². The Hall–Kier alpha value is -1.46. The number of hydrogen-bond donors (Lipinski definition) is 2. The molecule has 6 nitrogen and oxygen atoms in total. The van der Waals surface area contributed by atoms with Gasteiger partial charge in [-0.2, -0.15) is 0 Å². The van der Waals surface area contributed by atoms with Crippen molar-refractivity contribution in [2.45, 2.75) is 52.7 Å². The van der Waals surface area contributed by atoms with Crippen LogP contribution in [0.25, 0.3) is 0 Å². The highest BCUT2D eigenvalue weighted by atomic mass is 16.6. The van der Waals surface area contributed by atoms with Gasteiger partial charge in [-0.25, -0.2) is 20.0 Å². The van der Waals surface area contributed by atoms with Crippen LogP contribution in [-0.2, 0) is 4.74 Å². The second-order valence-electron chi connectivity index (χ2n) is 4.58. The molecule has 0 aliphatic heterocycles. The lowest BCUT2D eigenvalue weighted by Gasteiger charge is -2.28. The van der Waals surface area contributed by atoms with E-state index in [1.54, 1.807) is 27.7 Å². The van der Waals surface area contributed by atoms with Gasteiger partial charge in [0.1, 0.15) is 5.60 Å². The number of ether oxygens (including phenoxy) is 1. The number of nitrogens with zero attached hydrogens (tertiary/aromatic N) is 1. The van der Waals surface area contributed by atoms with E-state index in [0.29, 0.717) is 6.42 Å². The van der Waals surface area contributed by atoms with E-state index < -0.39 is 17.7 Å². The summed E-state index contributed by atoms with van der Waals surface area (Å²) in [5.41, 5.74) is 6.85. The zero-order chi connectivity index (χ0) is 12.9. The summed E-state index contributed by atoms with van der Waals surface area (Å²) < 4.78 is 5.01. The van der Waals surface area contributed by atoms with Crippen LogP contribution in [-0.4, -0.2) is 28.8 Å². The van der Waals surface area contributed by atoms with Crippen LogP contribution in [0.5, 0.6) is 0 Å². The summed E-state index contributed by atoms with van der Waals surface area (Å²) in [6.07, 6.45) is -0.00903. The summed E-state index contributed by atoms with van der Waals surface area (Å²) in [5.74, 6) is 0. The quantitative estimate of drug-likeness (QED) is 0.708. The van der Waals surface area contributed by atoms with Gasteiger partial charge < -0.3 is 10.5 Å². The van der Waals surface area contributed by atoms with E-state index in [0.717, 1.165) is 5.01 Å². The summed E-state index contributed by atoms with van der Waals surface area (Å²) in [6, 6.07) is -0.884. The Balaban J connectivity index is 4.42. The molecular weight excluding hydrogens is 210 g/mol. The Morgan fingerprint density at radius 1 is 1.44 bits per heavy atom. The van der Waals surface area contributed by atoms with Crippen molar-refractivity contribution in [3.63, 3.8) is 0 Å². The van der Waals surface area contributed by atoms with Crippen LogP contribution in [0.4, 0.5) is 9.59 Å². The van der Waals surface area contributed by atoms with E-state index in [2.05, 4.69) is 5.43 Å². The number of nitrogens with two attached hydrogens (primary N) is 1. The Kier molecular flexibility index (Phi) is 5.07. The zero-order valence-corrected chi connectivity index (χ0v) is 10.5. The molecule has 3 amide bonds. The molecule has 1 unspecified atom stereocenters. The van der Waals surface area contributed by atoms with Gasteiger partial charge in [-0.15, -0.1) is 0 Å². The van der Waals surface area contributed by atoms with Gasteiger partial charge in [0.2, 0.25) is 0 Å². The molecule has 0 bridgehead atoms. The number of hydrazine groups is 1. The minimum atomic E-state index is -0.708. The fourth-order valence-electron chi connectivity index (χ4n) is 0.964. The van der Waals surface area contributed by atoms with Crippen LogP contribution in [0.15, 0.2) is 0 Å². The molecule has 1 atom stereocenters. The first kappa shape index (κ1) is 14.5. The number of hydrogen-bond acceptors (Lipinski definition) is 3. The van der Waals surface area contributed by atoms with Crippen molar-refractivity contribution < 1.29 is 14.3 Å². The smallest absolute Gasteiger partial charge is 0.426 e. The number of urea groups is 1. The number of primary amides is 1. The summed E-state index contributed by atoms with van der Waals surface area (Å²) >= 11 is 0. The van der Waals surface area contributed by atoms with Crippen LogP contribution >= 0.6 is 0 Å². The minimum absolute atomic E-state index is 0.176. The number of carbonyl (C=O) groups is 2. The van der Waals surface area contributed by atoms with Gasteiger partial charge >= 0.3 is 12.1 Å². The van der Waals surface area contributed by atoms with Crippen molar-refractivity contribution in [1.29, 1.82) is 0 Å². The molecule has 0 aliphatic carbocycles. The van der Waals surface area contributed by atoms with Crippen LogP contribution < -0.4 is 11.2 Å². The Morgan fingerprint density at radius 2 is 1.94 bits per heavy atom. The van der Waals surface area contributed by atoms with E-state index in [1.165, 1.54) is 0 Å². The lowest BCUT2D eigenvalue weighted by atomic mass is 10.2. The first-order valence-electron chi connectivity index (χ1n) is 5.25. The lowest BCUT2D eigenvalue weighted by Crippen LogP contribution is -2.54. The highest BCUT2D eigenvalue weighted by molar-refractivity contribution is 5.76. The normalized spacial score (nSPS) is 12.8. The van der Waals surface area contributed by atoms with Crippen molar-refractivity contribution in [2.75, 3.05) is 0 Å². The summed E-state index contributed by atoms with van der Waals surface area (Å²) in [4.78, 5) is 22.5. The molecule has 6 heteroatoms. The molecule has 0 rings (SSSR count). The molecule has 0 aromatic carbocycles. The molecule has 0 spiro atoms. The zero-order valence-electron chi connectivity index (χ0n) is 10.5. The topological polar surface area (TPSA) is 84.7 Å². The van der Waals surface area contributed by atoms with Crippen molar-refractivity contribution in [3.8, 4) is 0 Å². The van der Waals surface area contributed by atoms with E-state index in [9.17, 15) is 9.59 Å². The summed E-state index contributed by atoms with van der Waals surface area (Å²) in [7, 11) is 0. The van der Waals surface area contributed by atoms with Gasteiger partial charge in [-0.1, -0.05) is 6.92 Å². The number of carbonyl (C=O) groups excluding carboxylic acids is 2. The number of nitrogens with one attached hydrogen (secondary N) is 1. The molecule has 0 aromatic rings. The number of amides is 3. The van der Waals surface area contributed by atoms with Crippen LogP contribution in [0.3, 0.4) is 0 Å². The standard InChI is InChI=1S/C10H21N3O3/c1-6-7(2)13(8(11)14)12-9(15)16-10(3,4)5/h7H,6H2,1-5H3,(H2,11,14)(H,12,15). The van der Waals surface area contributed by atoms with Gasteiger partial charge in [-0.3, -0.25) is 0 Å². The first-order valence-corrected chi connectivity index (χ1v) is 5.25. The molecule has 0 saturated carbocycles. The predicted octanol–water partition coefficient (Wildman–Crippen LogP) is 1.61. The van der Waals surface area contributed by atoms with Crippen molar-refractivity contribution in [2.24, 2.45) is 5.73 Å². The van der Waals surface area contributed by atoms with Crippen LogP contribution in [0, 0.1) is 0 Å². The van der Waals surface area contributed by atoms with Crippen molar-refractivity contribution in [3.05, 3.63) is 0 Å². The fourth-order valence-corrected chi connectivity index (χ4v) is 0.964. The highest BCUT2D eigenvalue weighted by Gasteiger charge is 2.22. The van der Waals surface area contributed by atoms with Crippen LogP contribution in [0.2, 0.25) is 0 Å². The molecule has 0 aromatic heterocycles. The highest BCUT2D eigenvalue weighted by Crippen LogP contribution is 2.07. The maximum Gasteiger partial charge on any atom is 0.426 e. The molecule has 0 fully saturated rings. The monoisotopic (exact) mass is 231 g/mol. The second-order valence-corrected chi connectivity index (χ2v) is 4.58. The first-order chi connectivity index (χ1) is 7.17. The summed E-state index contributed by atoms with van der Waals surface area (Å²) in [5, 5.41) is 1.06. The van der Waals surface area contributed by atoms with Gasteiger partial charge in [0, 0.05) is 0 Å². The molecule has 94 valence electrons. The Bertz CT molecular complexity index is 261. The maximum atomic E-state index is 11.4. The van der Waals surface area contributed by atoms with Gasteiger partial charge in [-0.05, 0) is 34.1 Å². The SMILES string of the molecule is CCC(C)N(NC(=O)OC(C)(C)C)C(N)=O. The van der Waals surface area contributed by atoms with E-state index in [4.69, 9.17) is 10.5 Å². The Labute approximate surface area is 96.1 Å². The third kappa shape index (κ3) is 5.43. The third-order valence-corrected chi connectivity index (χ3v) is 1.88. The van der Waals surface area contributed by atoms with Crippen molar-refractivity contribution in [1.82, 2.24) is 10.4 Å². The summed E-state index contributed by atoms with van der Waals surface area (Å²) in [6.45, 7) is 8.89. The molecule has 0 heterocycles. The molecule has 0 aliphatic rings. The molecular formula is C10H21N3O3. The Morgan fingerprint density at radius 3 is 2.25 bits per heavy atom. The average molecular weight is 231 g/mol. The van der Waals surface area contributed by atoms with E-state index >= 15 is 0 Å². The maximum absolute atomic E-state index is 11.4. The van der Waals surface area contributed by atoms with Gasteiger partial charge in [0.05, 0.1) is 6.04 Å². The minimum Gasteiger partial charge on any atom is -0.443 e. The molecule has 3 N–H and O–H groups in total. The van der Waals surface area contributed by atoms with Crippen molar-refractivity contribution >= 4 is 12.1 Å².